The second-order valence-corrected chi connectivity index (χ2v) is 7.12. The number of rotatable bonds is 4. The lowest BCUT2D eigenvalue weighted by atomic mass is 10.0. The largest absolute Gasteiger partial charge is 0.441 e. The van der Waals surface area contributed by atoms with Crippen LogP contribution in [-0.4, -0.2) is 28.9 Å². The zero-order chi connectivity index (χ0) is 19.7. The molecule has 0 aliphatic carbocycles. The predicted molar refractivity (Wildman–Crippen MR) is 104 cm³/mol. The Labute approximate surface area is 167 Å². The number of halogens is 2. The Bertz CT molecular complexity index is 1000. The molecule has 2 heterocycles. The van der Waals surface area contributed by atoms with Crippen molar-refractivity contribution in [3.63, 3.8) is 0 Å². The fourth-order valence-electron chi connectivity index (χ4n) is 3.41. The van der Waals surface area contributed by atoms with Crippen molar-refractivity contribution in [2.75, 3.05) is 13.1 Å². The highest BCUT2D eigenvalue weighted by Crippen LogP contribution is 2.30. The molecule has 28 heavy (non-hydrogen) atoms. The van der Waals surface area contributed by atoms with Crippen LogP contribution in [-0.2, 0) is 11.3 Å². The van der Waals surface area contributed by atoms with Crippen LogP contribution in [0.2, 0.25) is 5.02 Å². The molecule has 4 rings (SSSR count). The van der Waals surface area contributed by atoms with E-state index in [-0.39, 0.29) is 11.7 Å². The van der Waals surface area contributed by atoms with Crippen LogP contribution >= 0.6 is 11.6 Å². The van der Waals surface area contributed by atoms with Crippen LogP contribution in [0.25, 0.3) is 11.5 Å². The third kappa shape index (κ3) is 3.66. The number of carbonyl (C=O) groups excluding carboxylic acids is 1. The number of nitrogens with zero attached hydrogens (tertiary/aromatic N) is 2. The second kappa shape index (κ2) is 7.73. The van der Waals surface area contributed by atoms with Crippen LogP contribution < -0.4 is 5.32 Å². The molecule has 0 bridgehead atoms. The number of oxazole rings is 1. The first-order valence-electron chi connectivity index (χ1n) is 9.01. The topological polar surface area (TPSA) is 58.4 Å². The number of aryl methyl sites for hydroxylation is 1. The van der Waals surface area contributed by atoms with Crippen LogP contribution in [0.5, 0.6) is 0 Å². The summed E-state index contributed by atoms with van der Waals surface area (Å²) in [6, 6.07) is 12.9. The SMILES string of the molecule is Cc1oc(-c2ccccc2Cl)nc1CN1CCNC(=O)C1c1ccc(F)cc1. The van der Waals surface area contributed by atoms with Gasteiger partial charge in [0, 0.05) is 19.6 Å². The minimum Gasteiger partial charge on any atom is -0.441 e. The summed E-state index contributed by atoms with van der Waals surface area (Å²) in [4.78, 5) is 19.2. The maximum Gasteiger partial charge on any atom is 0.242 e. The number of nitrogens with one attached hydrogen (secondary N) is 1. The summed E-state index contributed by atoms with van der Waals surface area (Å²) in [5, 5.41) is 3.44. The minimum absolute atomic E-state index is 0.106. The molecule has 0 radical (unpaired) electrons. The van der Waals surface area contributed by atoms with E-state index < -0.39 is 6.04 Å². The van der Waals surface area contributed by atoms with Crippen molar-refractivity contribution in [3.8, 4) is 11.5 Å². The van der Waals surface area contributed by atoms with Gasteiger partial charge in [-0.25, -0.2) is 9.37 Å². The molecule has 1 aliphatic heterocycles. The Morgan fingerprint density at radius 3 is 2.75 bits per heavy atom. The van der Waals surface area contributed by atoms with E-state index in [9.17, 15) is 9.18 Å². The van der Waals surface area contributed by atoms with E-state index in [2.05, 4.69) is 10.3 Å². The fraction of sp³-hybridized carbons (Fsp3) is 0.238. The molecular formula is C21H19ClFN3O2. The Morgan fingerprint density at radius 2 is 2.00 bits per heavy atom. The third-order valence-electron chi connectivity index (χ3n) is 4.85. The minimum atomic E-state index is -0.505. The van der Waals surface area contributed by atoms with Crippen LogP contribution in [0.3, 0.4) is 0 Å². The second-order valence-electron chi connectivity index (χ2n) is 6.72. The zero-order valence-electron chi connectivity index (χ0n) is 15.3. The number of amides is 1. The van der Waals surface area contributed by atoms with E-state index >= 15 is 0 Å². The lowest BCUT2D eigenvalue weighted by molar-refractivity contribution is -0.129. The van der Waals surface area contributed by atoms with Gasteiger partial charge in [0.2, 0.25) is 11.8 Å². The zero-order valence-corrected chi connectivity index (χ0v) is 16.0. The molecule has 1 atom stereocenters. The van der Waals surface area contributed by atoms with Crippen molar-refractivity contribution in [1.82, 2.24) is 15.2 Å². The summed E-state index contributed by atoms with van der Waals surface area (Å²) >= 11 is 6.25. The van der Waals surface area contributed by atoms with Gasteiger partial charge in [0.05, 0.1) is 16.3 Å². The number of aromatic nitrogens is 1. The van der Waals surface area contributed by atoms with E-state index in [0.717, 1.165) is 16.8 Å². The van der Waals surface area contributed by atoms with Gasteiger partial charge in [0.15, 0.2) is 0 Å². The number of piperazine rings is 1. The quantitative estimate of drug-likeness (QED) is 0.717. The molecule has 1 aliphatic rings. The lowest BCUT2D eigenvalue weighted by Gasteiger charge is -2.34. The normalized spacial score (nSPS) is 17.5. The molecule has 2 aromatic carbocycles. The lowest BCUT2D eigenvalue weighted by Crippen LogP contribution is -2.49. The van der Waals surface area contributed by atoms with Crippen molar-refractivity contribution in [3.05, 3.63) is 76.4 Å². The van der Waals surface area contributed by atoms with Crippen LogP contribution in [0.15, 0.2) is 52.9 Å². The van der Waals surface area contributed by atoms with Crippen LogP contribution in [0, 0.1) is 12.7 Å². The highest BCUT2D eigenvalue weighted by Gasteiger charge is 2.32. The summed E-state index contributed by atoms with van der Waals surface area (Å²) in [6.07, 6.45) is 0. The summed E-state index contributed by atoms with van der Waals surface area (Å²) in [5.74, 6) is 0.699. The standard InChI is InChI=1S/C21H19ClFN3O2/c1-13-18(25-21(28-13)16-4-2-3-5-17(16)22)12-26-11-10-24-20(27)19(26)14-6-8-15(23)9-7-14/h2-9,19H,10-12H2,1H3,(H,24,27). The number of benzene rings is 2. The van der Waals surface area contributed by atoms with E-state index in [1.54, 1.807) is 18.2 Å². The third-order valence-corrected chi connectivity index (χ3v) is 5.18. The molecule has 3 aromatic rings. The first-order chi connectivity index (χ1) is 13.5. The van der Waals surface area contributed by atoms with Crippen molar-refractivity contribution in [1.29, 1.82) is 0 Å². The highest BCUT2D eigenvalue weighted by atomic mass is 35.5. The predicted octanol–water partition coefficient (Wildman–Crippen LogP) is 4.12. The number of hydrogen-bond acceptors (Lipinski definition) is 4. The highest BCUT2D eigenvalue weighted by molar-refractivity contribution is 6.33. The maximum atomic E-state index is 13.3. The molecule has 1 fully saturated rings. The van der Waals surface area contributed by atoms with Crippen molar-refractivity contribution >= 4 is 17.5 Å². The van der Waals surface area contributed by atoms with Gasteiger partial charge in [-0.1, -0.05) is 35.9 Å². The molecule has 7 heteroatoms. The van der Waals surface area contributed by atoms with E-state index in [1.807, 2.05) is 30.0 Å². The van der Waals surface area contributed by atoms with Gasteiger partial charge >= 0.3 is 0 Å². The first-order valence-corrected chi connectivity index (χ1v) is 9.39. The Morgan fingerprint density at radius 1 is 1.25 bits per heavy atom. The van der Waals surface area contributed by atoms with E-state index in [1.165, 1.54) is 12.1 Å². The molecule has 144 valence electrons. The van der Waals surface area contributed by atoms with Gasteiger partial charge in [-0.3, -0.25) is 9.69 Å². The first kappa shape index (κ1) is 18.7. The van der Waals surface area contributed by atoms with Gasteiger partial charge in [-0.2, -0.15) is 0 Å². The molecule has 1 aromatic heterocycles. The molecule has 1 saturated heterocycles. The van der Waals surface area contributed by atoms with Gasteiger partial charge in [-0.15, -0.1) is 0 Å². The average Bonchev–Trinajstić information content (AvgIpc) is 3.04. The summed E-state index contributed by atoms with van der Waals surface area (Å²) in [7, 11) is 0. The molecular weight excluding hydrogens is 381 g/mol. The van der Waals surface area contributed by atoms with Crippen molar-refractivity contribution in [2.24, 2.45) is 0 Å². The summed E-state index contributed by atoms with van der Waals surface area (Å²) in [5.41, 5.74) is 2.22. The monoisotopic (exact) mass is 399 g/mol. The summed E-state index contributed by atoms with van der Waals surface area (Å²) < 4.78 is 19.1. The molecule has 0 spiro atoms. The molecule has 1 unspecified atom stereocenters. The fourth-order valence-corrected chi connectivity index (χ4v) is 3.63. The van der Waals surface area contributed by atoms with Gasteiger partial charge in [-0.05, 0) is 36.8 Å². The van der Waals surface area contributed by atoms with E-state index in [4.69, 9.17) is 16.0 Å². The van der Waals surface area contributed by atoms with Crippen LogP contribution in [0.4, 0.5) is 4.39 Å². The summed E-state index contributed by atoms with van der Waals surface area (Å²) in [6.45, 7) is 3.49. The Hall–Kier alpha value is -2.70. The Balaban J connectivity index is 1.63. The molecule has 0 saturated carbocycles. The smallest absolute Gasteiger partial charge is 0.242 e. The van der Waals surface area contributed by atoms with Crippen molar-refractivity contribution in [2.45, 2.75) is 19.5 Å². The maximum absolute atomic E-state index is 13.3. The molecule has 1 N–H and O–H groups in total. The van der Waals surface area contributed by atoms with Gasteiger partial charge in [0.25, 0.3) is 0 Å². The van der Waals surface area contributed by atoms with Crippen molar-refractivity contribution < 1.29 is 13.6 Å². The van der Waals surface area contributed by atoms with Crippen LogP contribution in [0.1, 0.15) is 23.1 Å². The van der Waals surface area contributed by atoms with Gasteiger partial charge in [0.1, 0.15) is 17.6 Å². The average molecular weight is 400 g/mol. The van der Waals surface area contributed by atoms with E-state index in [0.29, 0.717) is 36.3 Å². The molecule has 5 nitrogen and oxygen atoms in total. The molecule has 1 amide bonds. The van der Waals surface area contributed by atoms with Gasteiger partial charge < -0.3 is 9.73 Å². The number of carbonyl (C=O) groups is 1. The Kier molecular flexibility index (Phi) is 5.15. The number of hydrogen-bond donors (Lipinski definition) is 1.